The molecule has 2 nitrogen and oxygen atoms in total. The Labute approximate surface area is 194 Å². The molecule has 0 aromatic heterocycles. The van der Waals surface area contributed by atoms with Gasteiger partial charge in [-0.15, -0.1) is 0 Å². The van der Waals surface area contributed by atoms with E-state index in [1.165, 1.54) is 62.5 Å². The summed E-state index contributed by atoms with van der Waals surface area (Å²) in [5.41, 5.74) is 2.52. The van der Waals surface area contributed by atoms with Gasteiger partial charge in [-0.25, -0.2) is 0 Å². The Hall–Kier alpha value is -2.74. The molecule has 0 saturated carbocycles. The van der Waals surface area contributed by atoms with Crippen LogP contribution in [0.25, 0.3) is 0 Å². The van der Waals surface area contributed by atoms with Gasteiger partial charge in [-0.05, 0) is 61.1 Å². The molecular formula is C30H38O2. The van der Waals surface area contributed by atoms with Gasteiger partial charge in [0.15, 0.2) is 11.5 Å². The molecule has 0 saturated heterocycles. The maximum absolute atomic E-state index is 6.40. The minimum Gasteiger partial charge on any atom is -0.453 e. The smallest absolute Gasteiger partial charge is 0.169 e. The van der Waals surface area contributed by atoms with Crippen molar-refractivity contribution in [2.75, 3.05) is 0 Å². The fraction of sp³-hybridized carbons (Fsp3) is 0.400. The summed E-state index contributed by atoms with van der Waals surface area (Å²) in [6.45, 7) is 4.49. The summed E-state index contributed by atoms with van der Waals surface area (Å²) in [7, 11) is 0. The van der Waals surface area contributed by atoms with Crippen LogP contribution in [-0.4, -0.2) is 0 Å². The highest BCUT2D eigenvalue weighted by atomic mass is 16.5. The first-order valence-corrected chi connectivity index (χ1v) is 12.4. The molecular weight excluding hydrogens is 392 g/mol. The number of aryl methyl sites for hydroxylation is 2. The predicted octanol–water partition coefficient (Wildman–Crippen LogP) is 9.52. The summed E-state index contributed by atoms with van der Waals surface area (Å²) in [6, 6.07) is 24.7. The lowest BCUT2D eigenvalue weighted by Crippen LogP contribution is -1.96. The zero-order chi connectivity index (χ0) is 22.4. The van der Waals surface area contributed by atoms with Crippen molar-refractivity contribution in [3.05, 3.63) is 83.9 Å². The third-order valence-electron chi connectivity index (χ3n) is 5.83. The molecule has 0 bridgehead atoms. The van der Waals surface area contributed by atoms with Crippen molar-refractivity contribution < 1.29 is 9.47 Å². The molecule has 0 amide bonds. The summed E-state index contributed by atoms with van der Waals surface area (Å²) in [5.74, 6) is 3.37. The van der Waals surface area contributed by atoms with Gasteiger partial charge in [-0.1, -0.05) is 101 Å². The lowest BCUT2D eigenvalue weighted by atomic mass is 10.1. The van der Waals surface area contributed by atoms with Gasteiger partial charge in [-0.2, -0.15) is 0 Å². The van der Waals surface area contributed by atoms with E-state index in [1.54, 1.807) is 0 Å². The molecule has 0 spiro atoms. The molecule has 3 aromatic rings. The van der Waals surface area contributed by atoms with Crippen LogP contribution in [0.5, 0.6) is 23.0 Å². The molecule has 0 aliphatic rings. The van der Waals surface area contributed by atoms with Crippen LogP contribution in [0, 0.1) is 0 Å². The molecule has 3 aromatic carbocycles. The first kappa shape index (κ1) is 23.9. The Bertz CT molecular complexity index is 855. The minimum atomic E-state index is 0.759. The number of hydrogen-bond donors (Lipinski definition) is 0. The summed E-state index contributed by atoms with van der Waals surface area (Å²) in [5, 5.41) is 0. The first-order valence-electron chi connectivity index (χ1n) is 12.4. The van der Waals surface area contributed by atoms with Crippen LogP contribution in [0.2, 0.25) is 0 Å². The van der Waals surface area contributed by atoms with Crippen molar-refractivity contribution in [1.82, 2.24) is 0 Å². The monoisotopic (exact) mass is 430 g/mol. The van der Waals surface area contributed by atoms with E-state index in [4.69, 9.17) is 9.47 Å². The van der Waals surface area contributed by atoms with Crippen LogP contribution in [0.1, 0.15) is 76.3 Å². The number of ether oxygens (including phenoxy) is 2. The van der Waals surface area contributed by atoms with Gasteiger partial charge in [0.2, 0.25) is 0 Å². The lowest BCUT2D eigenvalue weighted by Gasteiger charge is -2.16. The highest BCUT2D eigenvalue weighted by Gasteiger charge is 2.12. The van der Waals surface area contributed by atoms with Gasteiger partial charge in [0.1, 0.15) is 11.5 Å². The summed E-state index contributed by atoms with van der Waals surface area (Å²) in [4.78, 5) is 0. The van der Waals surface area contributed by atoms with Gasteiger partial charge >= 0.3 is 0 Å². The Balaban J connectivity index is 1.73. The van der Waals surface area contributed by atoms with Crippen LogP contribution in [-0.2, 0) is 12.8 Å². The lowest BCUT2D eigenvalue weighted by molar-refractivity contribution is 0.413. The highest BCUT2D eigenvalue weighted by Crippen LogP contribution is 2.37. The van der Waals surface area contributed by atoms with E-state index in [1.807, 2.05) is 36.4 Å². The molecule has 0 unspecified atom stereocenters. The maximum atomic E-state index is 6.40. The molecule has 2 heteroatoms. The average Bonchev–Trinajstić information content (AvgIpc) is 2.83. The van der Waals surface area contributed by atoms with E-state index < -0.39 is 0 Å². The number of benzene rings is 3. The van der Waals surface area contributed by atoms with Crippen molar-refractivity contribution in [1.29, 1.82) is 0 Å². The fourth-order valence-corrected chi connectivity index (χ4v) is 3.96. The van der Waals surface area contributed by atoms with Gasteiger partial charge in [0, 0.05) is 0 Å². The van der Waals surface area contributed by atoms with Crippen LogP contribution in [0.15, 0.2) is 72.8 Å². The van der Waals surface area contributed by atoms with E-state index in [-0.39, 0.29) is 0 Å². The van der Waals surface area contributed by atoms with E-state index in [0.29, 0.717) is 0 Å². The third-order valence-corrected chi connectivity index (χ3v) is 5.83. The van der Waals surface area contributed by atoms with Gasteiger partial charge < -0.3 is 9.47 Å². The van der Waals surface area contributed by atoms with Crippen LogP contribution in [0.3, 0.4) is 0 Å². The van der Waals surface area contributed by atoms with Crippen molar-refractivity contribution in [3.63, 3.8) is 0 Å². The third kappa shape index (κ3) is 7.44. The van der Waals surface area contributed by atoms with E-state index in [9.17, 15) is 0 Å². The number of para-hydroxylation sites is 4. The molecule has 0 N–H and O–H groups in total. The second-order valence-corrected chi connectivity index (χ2v) is 8.49. The maximum Gasteiger partial charge on any atom is 0.169 e. The summed E-state index contributed by atoms with van der Waals surface area (Å²) < 4.78 is 12.8. The zero-order valence-electron chi connectivity index (χ0n) is 19.8. The molecule has 32 heavy (non-hydrogen) atoms. The molecule has 3 rings (SSSR count). The number of hydrogen-bond acceptors (Lipinski definition) is 2. The van der Waals surface area contributed by atoms with Crippen LogP contribution >= 0.6 is 0 Å². The Morgan fingerprint density at radius 2 is 0.812 bits per heavy atom. The van der Waals surface area contributed by atoms with Crippen molar-refractivity contribution in [2.45, 2.75) is 78.1 Å². The average molecular weight is 431 g/mol. The van der Waals surface area contributed by atoms with E-state index >= 15 is 0 Å². The molecule has 0 aliphatic carbocycles. The highest BCUT2D eigenvalue weighted by molar-refractivity contribution is 5.48. The van der Waals surface area contributed by atoms with Crippen LogP contribution < -0.4 is 9.47 Å². The predicted molar refractivity (Wildman–Crippen MR) is 135 cm³/mol. The van der Waals surface area contributed by atoms with Crippen molar-refractivity contribution >= 4 is 0 Å². The van der Waals surface area contributed by atoms with Crippen LogP contribution in [0.4, 0.5) is 0 Å². The molecule has 0 atom stereocenters. The van der Waals surface area contributed by atoms with Crippen molar-refractivity contribution in [2.24, 2.45) is 0 Å². The fourth-order valence-electron chi connectivity index (χ4n) is 3.96. The first-order chi connectivity index (χ1) is 15.8. The summed E-state index contributed by atoms with van der Waals surface area (Å²) >= 11 is 0. The van der Waals surface area contributed by atoms with E-state index in [0.717, 1.165) is 35.8 Å². The van der Waals surface area contributed by atoms with Gasteiger partial charge in [0.05, 0.1) is 0 Å². The van der Waals surface area contributed by atoms with E-state index in [2.05, 4.69) is 50.2 Å². The molecule has 0 heterocycles. The number of rotatable bonds is 14. The number of unbranched alkanes of at least 4 members (excludes halogenated alkanes) is 6. The van der Waals surface area contributed by atoms with Gasteiger partial charge in [-0.3, -0.25) is 0 Å². The topological polar surface area (TPSA) is 18.5 Å². The molecule has 0 fully saturated rings. The normalized spacial score (nSPS) is 10.8. The largest absolute Gasteiger partial charge is 0.453 e. The second-order valence-electron chi connectivity index (χ2n) is 8.49. The Kier molecular flexibility index (Phi) is 10.2. The molecule has 0 aliphatic heterocycles. The van der Waals surface area contributed by atoms with Gasteiger partial charge in [0.25, 0.3) is 0 Å². The summed E-state index contributed by atoms with van der Waals surface area (Å²) in [6.07, 6.45) is 12.1. The zero-order valence-corrected chi connectivity index (χ0v) is 19.8. The van der Waals surface area contributed by atoms with Crippen molar-refractivity contribution in [3.8, 4) is 23.0 Å². The quantitative estimate of drug-likeness (QED) is 0.237. The molecule has 0 radical (unpaired) electrons. The Morgan fingerprint density at radius 3 is 1.22 bits per heavy atom. The second kappa shape index (κ2) is 13.6. The molecule has 170 valence electrons. The minimum absolute atomic E-state index is 0.759. The Morgan fingerprint density at radius 1 is 0.438 bits per heavy atom. The SMILES string of the molecule is CCCCCCc1ccccc1Oc1ccccc1Oc1ccccc1CCCCCC. The standard InChI is InChI=1S/C30H38O2/c1-3-5-7-9-17-25-19-11-13-21-27(25)31-29-23-15-16-24-30(29)32-28-22-14-12-20-26(28)18-10-8-6-4-2/h11-16,19-24H,3-10,17-18H2,1-2H3.